The molecule has 0 fully saturated rings. The summed E-state index contributed by atoms with van der Waals surface area (Å²) in [5.74, 6) is -0.375. The van der Waals surface area contributed by atoms with Crippen LogP contribution in [0.25, 0.3) is 22.3 Å². The van der Waals surface area contributed by atoms with Gasteiger partial charge < -0.3 is 14.7 Å². The van der Waals surface area contributed by atoms with Crippen molar-refractivity contribution in [3.63, 3.8) is 0 Å². The first-order valence-electron chi connectivity index (χ1n) is 5.91. The summed E-state index contributed by atoms with van der Waals surface area (Å²) in [6.07, 6.45) is 3.66. The van der Waals surface area contributed by atoms with Crippen molar-refractivity contribution in [1.29, 1.82) is 0 Å². The summed E-state index contributed by atoms with van der Waals surface area (Å²) >= 11 is 0. The lowest BCUT2D eigenvalue weighted by atomic mass is 10.1. The van der Waals surface area contributed by atoms with Gasteiger partial charge in [-0.2, -0.15) is 0 Å². The Balaban J connectivity index is 2.11. The van der Waals surface area contributed by atoms with Crippen molar-refractivity contribution in [2.75, 3.05) is 7.11 Å². The third-order valence-corrected chi connectivity index (χ3v) is 3.24. The van der Waals surface area contributed by atoms with Crippen LogP contribution in [-0.2, 0) is 4.74 Å². The van der Waals surface area contributed by atoms with Crippen LogP contribution in [0.1, 0.15) is 16.1 Å². The molecule has 5 nitrogen and oxygen atoms in total. The van der Waals surface area contributed by atoms with Crippen molar-refractivity contribution in [3.8, 4) is 11.3 Å². The lowest BCUT2D eigenvalue weighted by Crippen LogP contribution is -2.01. The standard InChI is InChI=1S/C14H13N3O2/c1-8-9-5-6-15-13(9)16-7-10(8)11-3-4-12(17-11)14(18)19-2/h3-7,17H,1-2H3,(H,15,16). The van der Waals surface area contributed by atoms with Gasteiger partial charge in [0.05, 0.1) is 7.11 Å². The summed E-state index contributed by atoms with van der Waals surface area (Å²) in [4.78, 5) is 21.9. The molecule has 0 spiro atoms. The van der Waals surface area contributed by atoms with Gasteiger partial charge in [-0.05, 0) is 30.7 Å². The molecule has 0 bridgehead atoms. The van der Waals surface area contributed by atoms with E-state index >= 15 is 0 Å². The normalized spacial score (nSPS) is 10.8. The van der Waals surface area contributed by atoms with Gasteiger partial charge in [-0.25, -0.2) is 9.78 Å². The minimum Gasteiger partial charge on any atom is -0.464 e. The smallest absolute Gasteiger partial charge is 0.354 e. The number of carbonyl (C=O) groups excluding carboxylic acids is 1. The Bertz CT molecular complexity index is 755. The minimum atomic E-state index is -0.375. The Morgan fingerprint density at radius 1 is 1.32 bits per heavy atom. The van der Waals surface area contributed by atoms with E-state index in [1.165, 1.54) is 7.11 Å². The van der Waals surface area contributed by atoms with E-state index in [0.717, 1.165) is 27.9 Å². The molecule has 0 aliphatic heterocycles. The van der Waals surface area contributed by atoms with Gasteiger partial charge in [0, 0.05) is 29.0 Å². The molecule has 0 saturated carbocycles. The molecule has 2 N–H and O–H groups in total. The molecule has 0 aliphatic carbocycles. The third-order valence-electron chi connectivity index (χ3n) is 3.24. The van der Waals surface area contributed by atoms with E-state index in [4.69, 9.17) is 0 Å². The number of methoxy groups -OCH3 is 1. The molecule has 19 heavy (non-hydrogen) atoms. The molecule has 5 heteroatoms. The van der Waals surface area contributed by atoms with E-state index in [1.54, 1.807) is 12.3 Å². The van der Waals surface area contributed by atoms with Crippen LogP contribution in [0.4, 0.5) is 0 Å². The topological polar surface area (TPSA) is 70.8 Å². The first-order chi connectivity index (χ1) is 9.20. The van der Waals surface area contributed by atoms with Crippen LogP contribution >= 0.6 is 0 Å². The van der Waals surface area contributed by atoms with Crippen molar-refractivity contribution in [2.24, 2.45) is 0 Å². The molecule has 0 atom stereocenters. The maximum atomic E-state index is 11.4. The van der Waals surface area contributed by atoms with Gasteiger partial charge >= 0.3 is 5.97 Å². The molecule has 3 rings (SSSR count). The van der Waals surface area contributed by atoms with Crippen molar-refractivity contribution in [1.82, 2.24) is 15.0 Å². The fourth-order valence-corrected chi connectivity index (χ4v) is 2.19. The van der Waals surface area contributed by atoms with Crippen molar-refractivity contribution in [2.45, 2.75) is 6.92 Å². The maximum Gasteiger partial charge on any atom is 0.354 e. The summed E-state index contributed by atoms with van der Waals surface area (Å²) in [5.41, 5.74) is 4.24. The number of aryl methyl sites for hydroxylation is 1. The fourth-order valence-electron chi connectivity index (χ4n) is 2.19. The van der Waals surface area contributed by atoms with E-state index in [-0.39, 0.29) is 5.97 Å². The van der Waals surface area contributed by atoms with Crippen LogP contribution in [0.15, 0.2) is 30.6 Å². The van der Waals surface area contributed by atoms with Crippen molar-refractivity contribution >= 4 is 17.0 Å². The average Bonchev–Trinajstić information content (AvgIpc) is 3.07. The van der Waals surface area contributed by atoms with Crippen LogP contribution in [0.5, 0.6) is 0 Å². The number of hydrogen-bond acceptors (Lipinski definition) is 3. The molecule has 3 heterocycles. The minimum absolute atomic E-state index is 0.375. The highest BCUT2D eigenvalue weighted by Gasteiger charge is 2.12. The number of nitrogens with one attached hydrogen (secondary N) is 2. The Morgan fingerprint density at radius 2 is 2.16 bits per heavy atom. The predicted molar refractivity (Wildman–Crippen MR) is 72.0 cm³/mol. The number of pyridine rings is 1. The van der Waals surface area contributed by atoms with Gasteiger partial charge in [0.25, 0.3) is 0 Å². The van der Waals surface area contributed by atoms with E-state index in [9.17, 15) is 4.79 Å². The summed E-state index contributed by atoms with van der Waals surface area (Å²) in [7, 11) is 1.36. The largest absolute Gasteiger partial charge is 0.464 e. The molecular formula is C14H13N3O2. The van der Waals surface area contributed by atoms with Crippen molar-refractivity contribution in [3.05, 3.63) is 41.9 Å². The average molecular weight is 255 g/mol. The lowest BCUT2D eigenvalue weighted by Gasteiger charge is -2.04. The van der Waals surface area contributed by atoms with Crippen LogP contribution < -0.4 is 0 Å². The SMILES string of the molecule is COC(=O)c1ccc(-c2cnc3[nH]ccc3c2C)[nH]1. The lowest BCUT2D eigenvalue weighted by molar-refractivity contribution is 0.0595. The van der Waals surface area contributed by atoms with Gasteiger partial charge in [0.1, 0.15) is 11.3 Å². The molecule has 0 aliphatic rings. The molecule has 0 saturated heterocycles. The number of rotatable bonds is 2. The van der Waals surface area contributed by atoms with Gasteiger partial charge in [0.15, 0.2) is 0 Å². The number of nitrogens with zero attached hydrogens (tertiary/aromatic N) is 1. The van der Waals surface area contributed by atoms with Gasteiger partial charge in [-0.15, -0.1) is 0 Å². The van der Waals surface area contributed by atoms with Gasteiger partial charge in [0.2, 0.25) is 0 Å². The second kappa shape index (κ2) is 4.28. The van der Waals surface area contributed by atoms with E-state index in [1.807, 2.05) is 25.3 Å². The second-order valence-corrected chi connectivity index (χ2v) is 4.31. The molecule has 3 aromatic rings. The van der Waals surface area contributed by atoms with Crippen LogP contribution in [0, 0.1) is 6.92 Å². The van der Waals surface area contributed by atoms with Crippen LogP contribution in [0.3, 0.4) is 0 Å². The zero-order valence-corrected chi connectivity index (χ0v) is 10.7. The molecule has 3 aromatic heterocycles. The Morgan fingerprint density at radius 3 is 2.95 bits per heavy atom. The quantitative estimate of drug-likeness (QED) is 0.691. The zero-order chi connectivity index (χ0) is 13.4. The number of aromatic amines is 2. The number of fused-ring (bicyclic) bond motifs is 1. The zero-order valence-electron chi connectivity index (χ0n) is 10.7. The fraction of sp³-hybridized carbons (Fsp3) is 0.143. The summed E-state index contributed by atoms with van der Waals surface area (Å²) in [5, 5.41) is 1.08. The van der Waals surface area contributed by atoms with E-state index < -0.39 is 0 Å². The summed E-state index contributed by atoms with van der Waals surface area (Å²) in [6.45, 7) is 2.03. The second-order valence-electron chi connectivity index (χ2n) is 4.31. The Hall–Kier alpha value is -2.56. The van der Waals surface area contributed by atoms with E-state index in [2.05, 4.69) is 19.7 Å². The number of ether oxygens (including phenoxy) is 1. The van der Waals surface area contributed by atoms with Gasteiger partial charge in [-0.3, -0.25) is 0 Å². The first-order valence-corrected chi connectivity index (χ1v) is 5.91. The predicted octanol–water partition coefficient (Wildman–Crippen LogP) is 2.65. The number of hydrogen-bond donors (Lipinski definition) is 2. The molecule has 96 valence electrons. The number of carbonyl (C=O) groups is 1. The Labute approximate surface area is 109 Å². The number of aromatic nitrogens is 3. The highest BCUT2D eigenvalue weighted by Crippen LogP contribution is 2.27. The maximum absolute atomic E-state index is 11.4. The first kappa shape index (κ1) is 11.5. The molecule has 0 amide bonds. The third kappa shape index (κ3) is 1.79. The summed E-state index contributed by atoms with van der Waals surface area (Å²) < 4.78 is 4.68. The molecule has 0 radical (unpaired) electrons. The summed E-state index contributed by atoms with van der Waals surface area (Å²) in [6, 6.07) is 5.56. The van der Waals surface area contributed by atoms with Gasteiger partial charge in [-0.1, -0.05) is 0 Å². The molecule has 0 aromatic carbocycles. The highest BCUT2D eigenvalue weighted by molar-refractivity contribution is 5.90. The van der Waals surface area contributed by atoms with Crippen LogP contribution in [0.2, 0.25) is 0 Å². The number of esters is 1. The van der Waals surface area contributed by atoms with Crippen LogP contribution in [-0.4, -0.2) is 28.0 Å². The monoisotopic (exact) mass is 255 g/mol. The molecule has 0 unspecified atom stereocenters. The van der Waals surface area contributed by atoms with Crippen molar-refractivity contribution < 1.29 is 9.53 Å². The van der Waals surface area contributed by atoms with E-state index in [0.29, 0.717) is 5.69 Å². The number of H-pyrrole nitrogens is 2. The molecular weight excluding hydrogens is 242 g/mol. The Kier molecular flexibility index (Phi) is 2.59. The highest BCUT2D eigenvalue weighted by atomic mass is 16.5.